The lowest BCUT2D eigenvalue weighted by Crippen LogP contribution is -2.52. The van der Waals surface area contributed by atoms with Crippen molar-refractivity contribution >= 4 is 17.8 Å². The maximum absolute atomic E-state index is 14.5. The van der Waals surface area contributed by atoms with E-state index in [1.54, 1.807) is 59.5 Å². The molecule has 1 aliphatic heterocycles. The van der Waals surface area contributed by atoms with Gasteiger partial charge in [0.1, 0.15) is 6.61 Å². The Hall–Kier alpha value is -4.89. The molecule has 0 spiro atoms. The zero-order valence-corrected chi connectivity index (χ0v) is 27.1. The number of amides is 2. The van der Waals surface area contributed by atoms with Gasteiger partial charge in [0.15, 0.2) is 11.6 Å². The van der Waals surface area contributed by atoms with Crippen molar-refractivity contribution < 1.29 is 27.9 Å². The van der Waals surface area contributed by atoms with Crippen molar-refractivity contribution in [3.05, 3.63) is 143 Å². The highest BCUT2D eigenvalue weighted by molar-refractivity contribution is 5.94. The van der Waals surface area contributed by atoms with Crippen LogP contribution in [-0.2, 0) is 15.1 Å². The van der Waals surface area contributed by atoms with Gasteiger partial charge in [0.2, 0.25) is 5.91 Å². The zero-order valence-electron chi connectivity index (χ0n) is 27.1. The van der Waals surface area contributed by atoms with E-state index in [4.69, 9.17) is 4.74 Å². The summed E-state index contributed by atoms with van der Waals surface area (Å²) in [6.07, 6.45) is 2.00. The Morgan fingerprint density at radius 1 is 0.833 bits per heavy atom. The van der Waals surface area contributed by atoms with E-state index in [1.807, 2.05) is 42.5 Å². The first-order valence-corrected chi connectivity index (χ1v) is 16.3. The second kappa shape index (κ2) is 16.3. The molecule has 5 rings (SSSR count). The first-order valence-electron chi connectivity index (χ1n) is 16.3. The normalized spacial score (nSPS) is 14.9. The standard InChI is InChI=1S/C39H41F2N3O4/c1-29(45)42-39(34-15-9-4-10-16-34)20-23-43(24-21-39)22-19-33(32-17-18-35(40)36(41)27-32)28-44(37(46)30-11-5-2-6-12-30)25-26-48-38(47)31-13-7-3-8-14-31/h2-18,27,33H,19-26,28H2,1H3,(H,42,45). The average Bonchev–Trinajstić information content (AvgIpc) is 3.11. The molecule has 0 radical (unpaired) electrons. The summed E-state index contributed by atoms with van der Waals surface area (Å²) in [4.78, 5) is 42.5. The summed E-state index contributed by atoms with van der Waals surface area (Å²) in [6, 6.07) is 31.3. The molecule has 250 valence electrons. The topological polar surface area (TPSA) is 79.0 Å². The van der Waals surface area contributed by atoms with Crippen LogP contribution in [-0.4, -0.2) is 66.9 Å². The summed E-state index contributed by atoms with van der Waals surface area (Å²) in [5, 5.41) is 3.20. The average molecular weight is 654 g/mol. The number of halogens is 2. The monoisotopic (exact) mass is 653 g/mol. The van der Waals surface area contributed by atoms with Crippen molar-refractivity contribution in [2.75, 3.05) is 39.3 Å². The van der Waals surface area contributed by atoms with Crippen molar-refractivity contribution in [2.24, 2.45) is 0 Å². The fraction of sp³-hybridized carbons (Fsp3) is 0.308. The molecule has 1 unspecified atom stereocenters. The molecule has 1 aliphatic rings. The van der Waals surface area contributed by atoms with Gasteiger partial charge in [-0.15, -0.1) is 0 Å². The number of rotatable bonds is 13. The summed E-state index contributed by atoms with van der Waals surface area (Å²) in [5.41, 5.74) is 2.08. The number of nitrogens with one attached hydrogen (secondary N) is 1. The number of hydrogen-bond donors (Lipinski definition) is 1. The van der Waals surface area contributed by atoms with Crippen molar-refractivity contribution in [3.63, 3.8) is 0 Å². The lowest BCUT2D eigenvalue weighted by molar-refractivity contribution is -0.121. The molecule has 1 saturated heterocycles. The van der Waals surface area contributed by atoms with Gasteiger partial charge in [0.05, 0.1) is 17.6 Å². The smallest absolute Gasteiger partial charge is 0.338 e. The fourth-order valence-corrected chi connectivity index (χ4v) is 6.42. The van der Waals surface area contributed by atoms with E-state index in [0.717, 1.165) is 37.6 Å². The van der Waals surface area contributed by atoms with E-state index in [9.17, 15) is 23.2 Å². The van der Waals surface area contributed by atoms with Crippen LogP contribution in [0.3, 0.4) is 0 Å². The minimum atomic E-state index is -0.948. The number of likely N-dealkylation sites (tertiary alicyclic amines) is 1. The summed E-state index contributed by atoms with van der Waals surface area (Å²) < 4.78 is 34.1. The third kappa shape index (κ3) is 8.92. The van der Waals surface area contributed by atoms with E-state index in [-0.39, 0.29) is 37.4 Å². The van der Waals surface area contributed by atoms with Crippen LogP contribution in [0.5, 0.6) is 0 Å². The molecule has 1 N–H and O–H groups in total. The van der Waals surface area contributed by atoms with E-state index >= 15 is 0 Å². The van der Waals surface area contributed by atoms with Gasteiger partial charge in [0, 0.05) is 38.0 Å². The van der Waals surface area contributed by atoms with Crippen LogP contribution < -0.4 is 5.32 Å². The molecule has 0 aromatic heterocycles. The SMILES string of the molecule is CC(=O)NC1(c2ccccc2)CCN(CCC(CN(CCOC(=O)c2ccccc2)C(=O)c2ccccc2)c2ccc(F)c(F)c2)CC1. The molecule has 4 aromatic rings. The second-order valence-electron chi connectivity index (χ2n) is 12.2. The number of esters is 1. The first kappa shape index (κ1) is 34.4. The van der Waals surface area contributed by atoms with Crippen LogP contribution in [0.4, 0.5) is 8.78 Å². The number of ether oxygens (including phenoxy) is 1. The van der Waals surface area contributed by atoms with Crippen LogP contribution >= 0.6 is 0 Å². The number of piperidine rings is 1. The van der Waals surface area contributed by atoms with Crippen molar-refractivity contribution in [1.82, 2.24) is 15.1 Å². The van der Waals surface area contributed by atoms with Gasteiger partial charge in [0.25, 0.3) is 5.91 Å². The third-order valence-corrected chi connectivity index (χ3v) is 9.01. The van der Waals surface area contributed by atoms with E-state index < -0.39 is 23.1 Å². The molecular weight excluding hydrogens is 612 g/mol. The predicted octanol–water partition coefficient (Wildman–Crippen LogP) is 6.57. The molecule has 4 aromatic carbocycles. The van der Waals surface area contributed by atoms with Gasteiger partial charge < -0.3 is 19.9 Å². The molecular formula is C39H41F2N3O4. The van der Waals surface area contributed by atoms with Crippen LogP contribution in [0, 0.1) is 11.6 Å². The predicted molar refractivity (Wildman–Crippen MR) is 180 cm³/mol. The van der Waals surface area contributed by atoms with Gasteiger partial charge in [-0.1, -0.05) is 72.8 Å². The molecule has 0 saturated carbocycles. The first-order chi connectivity index (χ1) is 23.2. The number of carbonyl (C=O) groups is 3. The number of nitrogens with zero attached hydrogens (tertiary/aromatic N) is 2. The molecule has 0 bridgehead atoms. The fourth-order valence-electron chi connectivity index (χ4n) is 6.42. The Morgan fingerprint density at radius 3 is 2.04 bits per heavy atom. The maximum atomic E-state index is 14.5. The molecule has 48 heavy (non-hydrogen) atoms. The van der Waals surface area contributed by atoms with Crippen LogP contribution in [0.1, 0.15) is 63.9 Å². The molecule has 1 fully saturated rings. The lowest BCUT2D eigenvalue weighted by Gasteiger charge is -2.43. The molecule has 1 atom stereocenters. The van der Waals surface area contributed by atoms with Crippen molar-refractivity contribution in [2.45, 2.75) is 37.6 Å². The Labute approximate surface area is 280 Å². The van der Waals surface area contributed by atoms with Gasteiger partial charge in [-0.2, -0.15) is 0 Å². The van der Waals surface area contributed by atoms with E-state index in [1.165, 1.54) is 13.0 Å². The van der Waals surface area contributed by atoms with Gasteiger partial charge >= 0.3 is 5.97 Å². The molecule has 9 heteroatoms. The molecule has 7 nitrogen and oxygen atoms in total. The van der Waals surface area contributed by atoms with Crippen molar-refractivity contribution in [3.8, 4) is 0 Å². The highest BCUT2D eigenvalue weighted by Gasteiger charge is 2.37. The Bertz CT molecular complexity index is 1660. The molecule has 2 amide bonds. The highest BCUT2D eigenvalue weighted by atomic mass is 19.2. The highest BCUT2D eigenvalue weighted by Crippen LogP contribution is 2.34. The van der Waals surface area contributed by atoms with Crippen molar-refractivity contribution in [1.29, 1.82) is 0 Å². The minimum absolute atomic E-state index is 0.0341. The summed E-state index contributed by atoms with van der Waals surface area (Å²) in [5.74, 6) is -3.04. The van der Waals surface area contributed by atoms with Crippen LogP contribution in [0.2, 0.25) is 0 Å². The quantitative estimate of drug-likeness (QED) is 0.165. The van der Waals surface area contributed by atoms with Crippen LogP contribution in [0.25, 0.3) is 0 Å². The molecule has 0 aliphatic carbocycles. The lowest BCUT2D eigenvalue weighted by atomic mass is 9.80. The van der Waals surface area contributed by atoms with Gasteiger partial charge in [-0.25, -0.2) is 13.6 Å². The maximum Gasteiger partial charge on any atom is 0.338 e. The molecule has 1 heterocycles. The number of benzene rings is 4. The largest absolute Gasteiger partial charge is 0.460 e. The number of carbonyl (C=O) groups excluding carboxylic acids is 3. The van der Waals surface area contributed by atoms with E-state index in [0.29, 0.717) is 29.7 Å². The second-order valence-corrected chi connectivity index (χ2v) is 12.2. The third-order valence-electron chi connectivity index (χ3n) is 9.01. The minimum Gasteiger partial charge on any atom is -0.460 e. The van der Waals surface area contributed by atoms with Gasteiger partial charge in [-0.05, 0) is 73.3 Å². The Morgan fingerprint density at radius 2 is 1.44 bits per heavy atom. The summed E-state index contributed by atoms with van der Waals surface area (Å²) in [7, 11) is 0. The Balaban J connectivity index is 1.32. The summed E-state index contributed by atoms with van der Waals surface area (Å²) >= 11 is 0. The summed E-state index contributed by atoms with van der Waals surface area (Å²) in [6.45, 7) is 3.92. The zero-order chi connectivity index (χ0) is 33.9. The van der Waals surface area contributed by atoms with E-state index in [2.05, 4.69) is 10.2 Å². The number of hydrogen-bond acceptors (Lipinski definition) is 5. The van der Waals surface area contributed by atoms with Crippen LogP contribution in [0.15, 0.2) is 109 Å². The Kier molecular flexibility index (Phi) is 11.7. The van der Waals surface area contributed by atoms with Gasteiger partial charge in [-0.3, -0.25) is 9.59 Å².